The second kappa shape index (κ2) is 10.5. The number of hydrogen-bond donors (Lipinski definition) is 0. The Labute approximate surface area is 223 Å². The van der Waals surface area contributed by atoms with Crippen molar-refractivity contribution < 1.29 is 27.7 Å². The second-order valence-corrected chi connectivity index (χ2v) is 10.1. The topological polar surface area (TPSA) is 83.8 Å². The Bertz CT molecular complexity index is 1450. The van der Waals surface area contributed by atoms with Gasteiger partial charge in [-0.25, -0.2) is 13.2 Å². The summed E-state index contributed by atoms with van der Waals surface area (Å²) in [5.41, 5.74) is -0.0378. The van der Waals surface area contributed by atoms with Gasteiger partial charge in [0, 0.05) is 36.8 Å². The third-order valence-electron chi connectivity index (χ3n) is 7.76. The third kappa shape index (κ3) is 5.23. The zero-order valence-electron chi connectivity index (χ0n) is 21.0. The van der Waals surface area contributed by atoms with Gasteiger partial charge in [0.15, 0.2) is 0 Å². The third-order valence-corrected chi connectivity index (χ3v) is 7.76. The summed E-state index contributed by atoms with van der Waals surface area (Å²) in [7, 11) is 0. The molecule has 39 heavy (non-hydrogen) atoms. The molecule has 7 nitrogen and oxygen atoms in total. The van der Waals surface area contributed by atoms with E-state index in [0.29, 0.717) is 49.9 Å². The van der Waals surface area contributed by atoms with Crippen LogP contribution in [0.1, 0.15) is 52.8 Å². The number of halogens is 3. The predicted octanol–water partition coefficient (Wildman–Crippen LogP) is 5.98. The molecule has 2 heterocycles. The molecule has 2 saturated heterocycles. The Hall–Kier alpha value is -4.21. The minimum atomic E-state index is -0.862. The van der Waals surface area contributed by atoms with E-state index in [0.717, 1.165) is 24.6 Å². The lowest BCUT2D eigenvalue weighted by Gasteiger charge is -2.38. The number of likely N-dealkylation sites (tertiary alicyclic amines) is 2. The van der Waals surface area contributed by atoms with E-state index in [1.807, 2.05) is 0 Å². The zero-order chi connectivity index (χ0) is 27.7. The van der Waals surface area contributed by atoms with Crippen molar-refractivity contribution in [2.24, 2.45) is 0 Å². The molecule has 2 fully saturated rings. The number of amides is 2. The van der Waals surface area contributed by atoms with E-state index in [1.54, 1.807) is 23.1 Å². The predicted molar refractivity (Wildman–Crippen MR) is 138 cm³/mol. The van der Waals surface area contributed by atoms with Gasteiger partial charge < -0.3 is 9.80 Å². The van der Waals surface area contributed by atoms with Gasteiger partial charge >= 0.3 is 0 Å². The van der Waals surface area contributed by atoms with Crippen LogP contribution in [0.25, 0.3) is 11.1 Å². The van der Waals surface area contributed by atoms with Gasteiger partial charge in [-0.05, 0) is 73.6 Å². The summed E-state index contributed by atoms with van der Waals surface area (Å²) in [5, 5.41) is 11.1. The van der Waals surface area contributed by atoms with Crippen LogP contribution in [0.5, 0.6) is 0 Å². The minimum absolute atomic E-state index is 0.0496. The molecule has 10 heteroatoms. The van der Waals surface area contributed by atoms with Crippen molar-refractivity contribution in [2.75, 3.05) is 19.6 Å². The first-order chi connectivity index (χ1) is 18.7. The molecule has 0 aliphatic carbocycles. The summed E-state index contributed by atoms with van der Waals surface area (Å²) in [6.07, 6.45) is 3.09. The van der Waals surface area contributed by atoms with E-state index < -0.39 is 45.4 Å². The fraction of sp³-hybridized carbons (Fsp3) is 0.310. The molecule has 5 rings (SSSR count). The van der Waals surface area contributed by atoms with E-state index in [1.165, 1.54) is 29.2 Å². The highest BCUT2D eigenvalue weighted by Gasteiger charge is 2.45. The molecule has 3 aromatic carbocycles. The molecule has 1 spiro atoms. The van der Waals surface area contributed by atoms with Crippen molar-refractivity contribution >= 4 is 17.5 Å². The maximum atomic E-state index is 15.2. The van der Waals surface area contributed by atoms with E-state index in [9.17, 15) is 28.5 Å². The number of nitro groups is 1. The van der Waals surface area contributed by atoms with Gasteiger partial charge in [-0.1, -0.05) is 18.2 Å². The molecular formula is C29H26F3N3O4. The van der Waals surface area contributed by atoms with Gasteiger partial charge in [0.25, 0.3) is 17.5 Å². The first kappa shape index (κ1) is 26.4. The highest BCUT2D eigenvalue weighted by atomic mass is 19.1. The number of non-ortho nitro benzene ring substituents is 1. The first-order valence-electron chi connectivity index (χ1n) is 12.8. The van der Waals surface area contributed by atoms with E-state index in [-0.39, 0.29) is 17.7 Å². The SMILES string of the molecule is O=C(c1cc(F)cc([N+](=O)[O-])c1)N1CCCC2(CCCN2C(=O)c2ccc(-c3ccc(F)cc3)cc2F)CC1. The number of carbonyl (C=O) groups is 2. The summed E-state index contributed by atoms with van der Waals surface area (Å²) in [6, 6.07) is 12.8. The van der Waals surface area contributed by atoms with Crippen LogP contribution in [-0.4, -0.2) is 51.7 Å². The van der Waals surface area contributed by atoms with Crippen LogP contribution in [0, 0.1) is 27.6 Å². The lowest BCUT2D eigenvalue weighted by Crippen LogP contribution is -2.48. The van der Waals surface area contributed by atoms with Crippen LogP contribution < -0.4 is 0 Å². The number of carbonyl (C=O) groups excluding carboxylic acids is 2. The lowest BCUT2D eigenvalue weighted by atomic mass is 9.87. The second-order valence-electron chi connectivity index (χ2n) is 10.1. The van der Waals surface area contributed by atoms with E-state index in [4.69, 9.17) is 0 Å². The number of rotatable bonds is 4. The molecule has 202 valence electrons. The lowest BCUT2D eigenvalue weighted by molar-refractivity contribution is -0.385. The van der Waals surface area contributed by atoms with Crippen molar-refractivity contribution in [1.82, 2.24) is 9.80 Å². The monoisotopic (exact) mass is 537 g/mol. The van der Waals surface area contributed by atoms with Crippen LogP contribution in [0.15, 0.2) is 60.7 Å². The molecule has 2 aliphatic rings. The van der Waals surface area contributed by atoms with Gasteiger partial charge in [-0.2, -0.15) is 0 Å². The minimum Gasteiger partial charge on any atom is -0.339 e. The smallest absolute Gasteiger partial charge is 0.273 e. The van der Waals surface area contributed by atoms with Crippen LogP contribution in [0.2, 0.25) is 0 Å². The molecule has 2 amide bonds. The Morgan fingerprint density at radius 2 is 1.46 bits per heavy atom. The number of nitrogens with zero attached hydrogens (tertiary/aromatic N) is 3. The standard InChI is InChI=1S/C29H26F3N3O4/c30-22-6-3-19(4-7-22)20-5-8-25(26(32)17-20)28(37)34-13-2-10-29(34)9-1-12-33(14-11-29)27(36)21-15-23(31)18-24(16-21)35(38)39/h3-8,15-18H,1-2,9-14H2. The van der Waals surface area contributed by atoms with Gasteiger partial charge in [-0.15, -0.1) is 0 Å². The number of benzene rings is 3. The van der Waals surface area contributed by atoms with Gasteiger partial charge in [0.1, 0.15) is 17.5 Å². The maximum absolute atomic E-state index is 15.2. The van der Waals surface area contributed by atoms with Crippen LogP contribution in [0.4, 0.5) is 18.9 Å². The van der Waals surface area contributed by atoms with Crippen molar-refractivity contribution in [3.8, 4) is 11.1 Å². The van der Waals surface area contributed by atoms with E-state index >= 15 is 4.39 Å². The molecule has 0 saturated carbocycles. The molecular weight excluding hydrogens is 511 g/mol. The van der Waals surface area contributed by atoms with Crippen LogP contribution >= 0.6 is 0 Å². The Morgan fingerprint density at radius 3 is 2.15 bits per heavy atom. The maximum Gasteiger partial charge on any atom is 0.273 e. The number of nitro benzene ring substituents is 1. The summed E-state index contributed by atoms with van der Waals surface area (Å²) >= 11 is 0. The summed E-state index contributed by atoms with van der Waals surface area (Å²) in [6.45, 7) is 1.09. The first-order valence-corrected chi connectivity index (χ1v) is 12.8. The van der Waals surface area contributed by atoms with Crippen molar-refractivity contribution in [3.63, 3.8) is 0 Å². The normalized spacial score (nSPS) is 19.3. The Kier molecular flexibility index (Phi) is 7.12. The van der Waals surface area contributed by atoms with Crippen molar-refractivity contribution in [1.29, 1.82) is 0 Å². The summed E-state index contributed by atoms with van der Waals surface area (Å²) in [4.78, 5) is 40.3. The Morgan fingerprint density at radius 1 is 0.769 bits per heavy atom. The largest absolute Gasteiger partial charge is 0.339 e. The van der Waals surface area contributed by atoms with Crippen molar-refractivity contribution in [3.05, 3.63) is 99.4 Å². The molecule has 1 atom stereocenters. The van der Waals surface area contributed by atoms with Gasteiger partial charge in [0.2, 0.25) is 0 Å². The quantitative estimate of drug-likeness (QED) is 0.303. The fourth-order valence-electron chi connectivity index (χ4n) is 5.80. The molecule has 0 N–H and O–H groups in total. The summed E-state index contributed by atoms with van der Waals surface area (Å²) in [5.74, 6) is -2.85. The molecule has 3 aromatic rings. The van der Waals surface area contributed by atoms with Crippen molar-refractivity contribution in [2.45, 2.75) is 37.6 Å². The van der Waals surface area contributed by atoms with Gasteiger partial charge in [-0.3, -0.25) is 19.7 Å². The van der Waals surface area contributed by atoms with E-state index in [2.05, 4.69) is 0 Å². The molecule has 0 aromatic heterocycles. The highest BCUT2D eigenvalue weighted by Crippen LogP contribution is 2.40. The fourth-order valence-corrected chi connectivity index (χ4v) is 5.80. The average Bonchev–Trinajstić information content (AvgIpc) is 3.20. The summed E-state index contributed by atoms with van der Waals surface area (Å²) < 4.78 is 42.4. The molecule has 2 aliphatic heterocycles. The van der Waals surface area contributed by atoms with Crippen LogP contribution in [0.3, 0.4) is 0 Å². The molecule has 0 bridgehead atoms. The van der Waals surface area contributed by atoms with Crippen LogP contribution in [-0.2, 0) is 0 Å². The molecule has 1 unspecified atom stereocenters. The highest BCUT2D eigenvalue weighted by molar-refractivity contribution is 5.96. The Balaban J connectivity index is 1.34. The number of hydrogen-bond acceptors (Lipinski definition) is 4. The average molecular weight is 538 g/mol. The van der Waals surface area contributed by atoms with Gasteiger partial charge in [0.05, 0.1) is 16.6 Å². The zero-order valence-corrected chi connectivity index (χ0v) is 21.0. The molecule has 0 radical (unpaired) electrons.